The minimum atomic E-state index is -5.30. The molecule has 2 aromatic heterocycles. The number of fused-ring (bicyclic) bond motifs is 2. The maximum Gasteiger partial charge on any atom is 0.446 e. The van der Waals surface area contributed by atoms with Crippen molar-refractivity contribution in [3.05, 3.63) is 114 Å². The molecule has 6 rings (SSSR count). The van der Waals surface area contributed by atoms with E-state index in [2.05, 4.69) is 63.7 Å². The monoisotopic (exact) mass is 974 g/mol. The summed E-state index contributed by atoms with van der Waals surface area (Å²) in [5.74, 6) is -1.64. The van der Waals surface area contributed by atoms with Gasteiger partial charge in [-0.1, -0.05) is 12.1 Å². The van der Waals surface area contributed by atoms with E-state index in [4.69, 9.17) is 17.2 Å². The van der Waals surface area contributed by atoms with Gasteiger partial charge in [-0.2, -0.15) is 16.8 Å². The van der Waals surface area contributed by atoms with Gasteiger partial charge < -0.3 is 27.4 Å². The van der Waals surface area contributed by atoms with Crippen LogP contribution in [0.15, 0.2) is 111 Å². The fourth-order valence-corrected chi connectivity index (χ4v) is 7.61. The van der Waals surface area contributed by atoms with Crippen LogP contribution in [0.4, 0.5) is 0 Å². The summed E-state index contributed by atoms with van der Waals surface area (Å²) in [6.07, 6.45) is 5.06. The minimum absolute atomic E-state index is 0.0140. The lowest BCUT2D eigenvalue weighted by atomic mass is 10.0. The Hall–Kier alpha value is -3.62. The van der Waals surface area contributed by atoms with Crippen molar-refractivity contribution in [2.24, 2.45) is 0 Å². The van der Waals surface area contributed by atoms with Crippen molar-refractivity contribution in [2.45, 2.75) is 0 Å². The van der Waals surface area contributed by atoms with Gasteiger partial charge in [0.1, 0.15) is 22.7 Å². The Bertz CT molecular complexity index is 2440. The Kier molecular flexibility index (Phi) is 10.0. The molecule has 6 aromatic rings. The Morgan fingerprint density at radius 2 is 0.960 bits per heavy atom. The van der Waals surface area contributed by atoms with Crippen molar-refractivity contribution in [1.29, 1.82) is 0 Å². The number of benzene rings is 4. The third-order valence-corrected chi connectivity index (χ3v) is 10.3. The summed E-state index contributed by atoms with van der Waals surface area (Å²) in [4.78, 5) is 0. The van der Waals surface area contributed by atoms with E-state index in [1.54, 1.807) is 36.4 Å². The molecule has 0 fully saturated rings. The quantitative estimate of drug-likeness (QED) is 0.0610. The Morgan fingerprint density at radius 3 is 1.30 bits per heavy atom. The Balaban J connectivity index is 1.53. The lowest BCUT2D eigenvalue weighted by Crippen LogP contribution is -2.11. The van der Waals surface area contributed by atoms with Gasteiger partial charge in [-0.15, -0.1) is 0 Å². The van der Waals surface area contributed by atoms with Crippen LogP contribution in [-0.2, 0) is 29.2 Å². The largest absolute Gasteiger partial charge is 0.507 e. The second kappa shape index (κ2) is 13.8. The normalized spacial score (nSPS) is 12.9. The number of hydrogen-bond acceptors (Lipinski definition) is 10. The lowest BCUT2D eigenvalue weighted by molar-refractivity contribution is 0.289. The maximum absolute atomic E-state index is 12.0. The van der Waals surface area contributed by atoms with Crippen molar-refractivity contribution >= 4 is 119 Å². The topological polar surface area (TPSA) is 194 Å². The number of aromatic hydroxyl groups is 2. The third-order valence-electron chi connectivity index (χ3n) is 7.05. The van der Waals surface area contributed by atoms with Crippen LogP contribution in [-0.4, -0.2) is 36.2 Å². The fourth-order valence-electron chi connectivity index (χ4n) is 5.00. The van der Waals surface area contributed by atoms with Crippen molar-refractivity contribution in [1.82, 2.24) is 0 Å². The molecule has 50 heavy (non-hydrogen) atoms. The number of phenols is 2. The molecule has 18 heteroatoms. The van der Waals surface area contributed by atoms with Crippen LogP contribution in [0.1, 0.15) is 11.1 Å². The first-order chi connectivity index (χ1) is 23.5. The molecule has 0 saturated carbocycles. The van der Waals surface area contributed by atoms with E-state index in [-0.39, 0.29) is 22.6 Å². The van der Waals surface area contributed by atoms with Gasteiger partial charge in [0.25, 0.3) is 0 Å². The van der Waals surface area contributed by atoms with Crippen LogP contribution in [0, 0.1) is 0 Å². The highest BCUT2D eigenvalue weighted by molar-refractivity contribution is 9.11. The van der Waals surface area contributed by atoms with Gasteiger partial charge in [-0.3, -0.25) is 9.11 Å². The van der Waals surface area contributed by atoms with Gasteiger partial charge in [0.2, 0.25) is 0 Å². The van der Waals surface area contributed by atoms with E-state index in [0.29, 0.717) is 62.1 Å². The van der Waals surface area contributed by atoms with E-state index >= 15 is 0 Å². The number of phenolic OH excluding ortho intramolecular Hbond substituents is 2. The molecular formula is C32H18Br4O12S2. The average Bonchev–Trinajstić information content (AvgIpc) is 3.63. The standard InChI is InChI=1S/C32H18Br4O12S2/c33-23-11-17(1-3-27(23)37)21-13-45-31-19(21)5-15(7-25(31)35)9-29(47-49(39,40)41)30(48-50(42,43)44)10-16-6-20-22(14-46-32(20)26(36)8-16)18-2-4-28(38)24(34)12-18/h1-14,37-38H,(H,39,40,41)(H,42,43,44)/b29-9-,30-10-. The minimum Gasteiger partial charge on any atom is -0.507 e. The van der Waals surface area contributed by atoms with Crippen LogP contribution in [0.25, 0.3) is 56.3 Å². The first kappa shape index (κ1) is 36.2. The highest BCUT2D eigenvalue weighted by Crippen LogP contribution is 2.41. The summed E-state index contributed by atoms with van der Waals surface area (Å²) in [5.41, 5.74) is 3.66. The van der Waals surface area contributed by atoms with Gasteiger partial charge >= 0.3 is 20.8 Å². The zero-order valence-corrected chi connectivity index (χ0v) is 32.4. The molecule has 0 atom stereocenters. The van der Waals surface area contributed by atoms with E-state index in [1.165, 1.54) is 36.8 Å². The van der Waals surface area contributed by atoms with Crippen molar-refractivity contribution in [3.63, 3.8) is 0 Å². The Labute approximate surface area is 317 Å². The maximum atomic E-state index is 12.0. The molecule has 258 valence electrons. The number of furan rings is 2. The predicted molar refractivity (Wildman–Crippen MR) is 199 cm³/mol. The van der Waals surface area contributed by atoms with Crippen LogP contribution in [0.2, 0.25) is 0 Å². The van der Waals surface area contributed by atoms with Gasteiger partial charge in [0, 0.05) is 21.9 Å². The predicted octanol–water partition coefficient (Wildman–Crippen LogP) is 9.99. The zero-order chi connectivity index (χ0) is 36.1. The molecule has 12 nitrogen and oxygen atoms in total. The molecule has 0 saturated heterocycles. The number of hydrogen-bond donors (Lipinski definition) is 4. The molecule has 0 aliphatic carbocycles. The van der Waals surface area contributed by atoms with Gasteiger partial charge in [0.05, 0.1) is 30.4 Å². The molecule has 4 aromatic carbocycles. The van der Waals surface area contributed by atoms with E-state index in [9.17, 15) is 36.2 Å². The van der Waals surface area contributed by atoms with Crippen LogP contribution in [0.3, 0.4) is 0 Å². The number of rotatable bonds is 9. The zero-order valence-electron chi connectivity index (χ0n) is 24.5. The number of halogens is 4. The van der Waals surface area contributed by atoms with Gasteiger partial charge in [-0.05, 0) is 147 Å². The first-order valence-electron chi connectivity index (χ1n) is 13.6. The molecule has 0 aliphatic heterocycles. The summed E-state index contributed by atoms with van der Waals surface area (Å²) in [7, 11) is -10.6. The molecule has 0 spiro atoms. The van der Waals surface area contributed by atoms with Gasteiger partial charge in [-0.25, -0.2) is 0 Å². The van der Waals surface area contributed by atoms with Crippen LogP contribution >= 0.6 is 63.7 Å². The van der Waals surface area contributed by atoms with Crippen molar-refractivity contribution in [2.75, 3.05) is 0 Å². The second-order valence-corrected chi connectivity index (χ2v) is 15.9. The van der Waals surface area contributed by atoms with Crippen LogP contribution in [0.5, 0.6) is 11.5 Å². The van der Waals surface area contributed by atoms with Gasteiger partial charge in [0.15, 0.2) is 11.5 Å². The highest BCUT2D eigenvalue weighted by Gasteiger charge is 2.23. The first-order valence-corrected chi connectivity index (χ1v) is 19.5. The molecule has 0 aliphatic rings. The summed E-state index contributed by atoms with van der Waals surface area (Å²) < 4.78 is 90.3. The molecular weight excluding hydrogens is 960 g/mol. The SMILES string of the molecule is O=S(=O)(O)OC(=C\c1cc(Br)c2occ(-c3ccc(O)c(Br)c3)c2c1)/C(=C/c1cc(Br)c2occ(-c3ccc(O)c(Br)c3)c2c1)OS(=O)(=O)O. The fraction of sp³-hybridized carbons (Fsp3) is 0. The second-order valence-electron chi connectivity index (χ2n) is 10.4. The summed E-state index contributed by atoms with van der Waals surface area (Å²) in [6.45, 7) is 0. The molecule has 0 amide bonds. The smallest absolute Gasteiger partial charge is 0.446 e. The molecule has 0 radical (unpaired) electrons. The molecule has 4 N–H and O–H groups in total. The van der Waals surface area contributed by atoms with Crippen LogP contribution < -0.4 is 0 Å². The third kappa shape index (κ3) is 7.97. The lowest BCUT2D eigenvalue weighted by Gasteiger charge is -2.12. The van der Waals surface area contributed by atoms with Crippen molar-refractivity contribution < 1.29 is 53.4 Å². The van der Waals surface area contributed by atoms with E-state index in [0.717, 1.165) is 12.2 Å². The summed E-state index contributed by atoms with van der Waals surface area (Å²) >= 11 is 13.4. The Morgan fingerprint density at radius 1 is 0.580 bits per heavy atom. The van der Waals surface area contributed by atoms with E-state index in [1.807, 2.05) is 0 Å². The van der Waals surface area contributed by atoms with Crippen molar-refractivity contribution in [3.8, 4) is 33.8 Å². The highest BCUT2D eigenvalue weighted by atomic mass is 79.9. The summed E-state index contributed by atoms with van der Waals surface area (Å²) in [6, 6.07) is 15.7. The molecule has 0 unspecified atom stereocenters. The summed E-state index contributed by atoms with van der Waals surface area (Å²) in [5, 5.41) is 20.9. The van der Waals surface area contributed by atoms with E-state index < -0.39 is 32.3 Å². The molecule has 2 heterocycles. The molecule has 0 bridgehead atoms. The average molecular weight is 978 g/mol.